The molecule has 3 heteroatoms. The molecule has 0 radical (unpaired) electrons. The van der Waals surface area contributed by atoms with E-state index >= 15 is 0 Å². The van der Waals surface area contributed by atoms with Crippen molar-refractivity contribution in [3.8, 4) is 27.9 Å². The van der Waals surface area contributed by atoms with Crippen molar-refractivity contribution in [2.24, 2.45) is 0 Å². The third-order valence-electron chi connectivity index (χ3n) is 8.52. The van der Waals surface area contributed by atoms with Crippen LogP contribution in [0.4, 0.5) is 0 Å². The van der Waals surface area contributed by atoms with Gasteiger partial charge in [-0.2, -0.15) is 0 Å². The number of imidazole rings is 1. The molecule has 196 valence electrons. The number of benzene rings is 6. The van der Waals surface area contributed by atoms with Crippen molar-refractivity contribution < 1.29 is 0 Å². The van der Waals surface area contributed by atoms with Crippen molar-refractivity contribution in [3.05, 3.63) is 152 Å². The fraction of sp³-hybridized carbons (Fsp3) is 0. The van der Waals surface area contributed by atoms with Crippen LogP contribution in [-0.4, -0.2) is 14.0 Å². The summed E-state index contributed by atoms with van der Waals surface area (Å²) in [5, 5.41) is 4.82. The zero-order valence-electron chi connectivity index (χ0n) is 22.8. The van der Waals surface area contributed by atoms with Crippen LogP contribution >= 0.6 is 0 Å². The second-order valence-electron chi connectivity index (χ2n) is 10.8. The van der Waals surface area contributed by atoms with E-state index in [1.807, 2.05) is 0 Å². The Morgan fingerprint density at radius 1 is 0.357 bits per heavy atom. The Morgan fingerprint density at radius 2 is 0.857 bits per heavy atom. The molecule has 0 amide bonds. The Labute approximate surface area is 242 Å². The minimum absolute atomic E-state index is 0.970. The first-order chi connectivity index (χ1) is 20.8. The highest BCUT2D eigenvalue weighted by Gasteiger charge is 2.21. The fourth-order valence-corrected chi connectivity index (χ4v) is 6.56. The molecule has 0 aliphatic rings. The maximum absolute atomic E-state index is 5.35. The monoisotopic (exact) mass is 535 g/mol. The van der Waals surface area contributed by atoms with E-state index in [0.717, 1.165) is 33.4 Å². The van der Waals surface area contributed by atoms with Gasteiger partial charge in [0.1, 0.15) is 11.2 Å². The van der Waals surface area contributed by atoms with E-state index in [1.54, 1.807) is 0 Å². The number of nitrogens with zero attached hydrogens (tertiary/aromatic N) is 3. The molecule has 9 aromatic rings. The lowest BCUT2D eigenvalue weighted by atomic mass is 10.0. The van der Waals surface area contributed by atoms with Gasteiger partial charge in [-0.1, -0.05) is 127 Å². The summed E-state index contributed by atoms with van der Waals surface area (Å²) in [5.41, 5.74) is 11.4. The van der Waals surface area contributed by atoms with E-state index in [2.05, 4.69) is 161 Å². The Bertz CT molecular complexity index is 2430. The first kappa shape index (κ1) is 23.1. The first-order valence-corrected chi connectivity index (χ1v) is 14.3. The maximum atomic E-state index is 5.35. The molecule has 6 aromatic carbocycles. The molecule has 0 N–H and O–H groups in total. The zero-order valence-corrected chi connectivity index (χ0v) is 22.8. The second kappa shape index (κ2) is 8.92. The molecule has 3 heterocycles. The summed E-state index contributed by atoms with van der Waals surface area (Å²) in [6.07, 6.45) is 0. The normalized spacial score (nSPS) is 11.8. The van der Waals surface area contributed by atoms with Gasteiger partial charge in [-0.25, -0.2) is 4.98 Å². The zero-order chi connectivity index (χ0) is 27.6. The smallest absolute Gasteiger partial charge is 0.165 e. The highest BCUT2D eigenvalue weighted by Crippen LogP contribution is 2.38. The highest BCUT2D eigenvalue weighted by atomic mass is 15.1. The second-order valence-corrected chi connectivity index (χ2v) is 10.8. The summed E-state index contributed by atoms with van der Waals surface area (Å²) in [7, 11) is 0. The maximum Gasteiger partial charge on any atom is 0.165 e. The van der Waals surface area contributed by atoms with Crippen molar-refractivity contribution in [2.75, 3.05) is 0 Å². The standard InChI is InChI=1S/C39H25N3/c1-2-10-26(11-3-1)27-18-20-28(21-19-27)29-22-24-30(25-23-29)41-36-17-9-7-15-34(36)37-39(41)40-38-33-14-5-4-12-31(33)32-13-6-8-16-35(32)42(37)38/h1-25H. The van der Waals surface area contributed by atoms with Crippen LogP contribution in [0, 0.1) is 0 Å². The van der Waals surface area contributed by atoms with Gasteiger partial charge in [-0.3, -0.25) is 8.97 Å². The SMILES string of the molecule is c1ccc(-c2ccc(-c3ccc(-n4c5ccccc5c5c4nc4c6ccccc6c6ccccc6n45)cc3)cc2)cc1. The number of para-hydroxylation sites is 2. The molecule has 0 unspecified atom stereocenters. The van der Waals surface area contributed by atoms with Crippen molar-refractivity contribution >= 4 is 49.4 Å². The average Bonchev–Trinajstić information content (AvgIpc) is 3.61. The molecule has 0 fully saturated rings. The number of rotatable bonds is 3. The van der Waals surface area contributed by atoms with E-state index in [-0.39, 0.29) is 0 Å². The molecule has 0 aliphatic carbocycles. The van der Waals surface area contributed by atoms with Crippen LogP contribution < -0.4 is 0 Å². The Morgan fingerprint density at radius 3 is 1.55 bits per heavy atom. The highest BCUT2D eigenvalue weighted by molar-refractivity contribution is 6.17. The lowest BCUT2D eigenvalue weighted by molar-refractivity contribution is 1.15. The Kier molecular flexibility index (Phi) is 4.90. The van der Waals surface area contributed by atoms with Gasteiger partial charge < -0.3 is 0 Å². The van der Waals surface area contributed by atoms with E-state index in [9.17, 15) is 0 Å². The summed E-state index contributed by atoms with van der Waals surface area (Å²) in [6, 6.07) is 54.1. The summed E-state index contributed by atoms with van der Waals surface area (Å²) in [5.74, 6) is 0. The minimum atomic E-state index is 0.970. The quantitative estimate of drug-likeness (QED) is 0.206. The van der Waals surface area contributed by atoms with E-state index in [1.165, 1.54) is 43.9 Å². The van der Waals surface area contributed by atoms with Gasteiger partial charge in [-0.05, 0) is 51.9 Å². The van der Waals surface area contributed by atoms with E-state index in [0.29, 0.717) is 0 Å². The van der Waals surface area contributed by atoms with Crippen LogP contribution in [0.5, 0.6) is 0 Å². The predicted octanol–water partition coefficient (Wildman–Crippen LogP) is 10.1. The third-order valence-corrected chi connectivity index (χ3v) is 8.52. The number of hydrogen-bond acceptors (Lipinski definition) is 1. The molecular formula is C39H25N3. The van der Waals surface area contributed by atoms with Gasteiger partial charge in [0.2, 0.25) is 0 Å². The fourth-order valence-electron chi connectivity index (χ4n) is 6.56. The number of hydrogen-bond donors (Lipinski definition) is 0. The molecule has 0 bridgehead atoms. The average molecular weight is 536 g/mol. The molecule has 0 atom stereocenters. The van der Waals surface area contributed by atoms with Crippen molar-refractivity contribution in [2.45, 2.75) is 0 Å². The van der Waals surface area contributed by atoms with Gasteiger partial charge in [0, 0.05) is 21.8 Å². The summed E-state index contributed by atoms with van der Waals surface area (Å²) >= 11 is 0. The molecule has 3 aromatic heterocycles. The molecule has 0 saturated carbocycles. The van der Waals surface area contributed by atoms with Crippen LogP contribution in [-0.2, 0) is 0 Å². The lowest BCUT2D eigenvalue weighted by Crippen LogP contribution is -1.94. The van der Waals surface area contributed by atoms with Crippen molar-refractivity contribution in [1.29, 1.82) is 0 Å². The van der Waals surface area contributed by atoms with Gasteiger partial charge in [0.15, 0.2) is 5.65 Å². The van der Waals surface area contributed by atoms with Gasteiger partial charge in [0.25, 0.3) is 0 Å². The lowest BCUT2D eigenvalue weighted by Gasteiger charge is -2.09. The molecular weight excluding hydrogens is 510 g/mol. The summed E-state index contributed by atoms with van der Waals surface area (Å²) < 4.78 is 4.66. The minimum Gasteiger partial charge on any atom is -0.293 e. The first-order valence-electron chi connectivity index (χ1n) is 14.3. The molecule has 42 heavy (non-hydrogen) atoms. The Balaban J connectivity index is 1.25. The van der Waals surface area contributed by atoms with Crippen LogP contribution in [0.2, 0.25) is 0 Å². The van der Waals surface area contributed by atoms with Gasteiger partial charge >= 0.3 is 0 Å². The predicted molar refractivity (Wildman–Crippen MR) is 175 cm³/mol. The van der Waals surface area contributed by atoms with E-state index < -0.39 is 0 Å². The van der Waals surface area contributed by atoms with E-state index in [4.69, 9.17) is 4.98 Å². The molecule has 9 rings (SSSR count). The largest absolute Gasteiger partial charge is 0.293 e. The molecule has 0 spiro atoms. The number of fused-ring (bicyclic) bond motifs is 10. The van der Waals surface area contributed by atoms with Crippen LogP contribution in [0.1, 0.15) is 0 Å². The van der Waals surface area contributed by atoms with Crippen molar-refractivity contribution in [3.63, 3.8) is 0 Å². The topological polar surface area (TPSA) is 22.2 Å². The molecule has 3 nitrogen and oxygen atoms in total. The van der Waals surface area contributed by atoms with Crippen LogP contribution in [0.3, 0.4) is 0 Å². The van der Waals surface area contributed by atoms with Crippen molar-refractivity contribution in [1.82, 2.24) is 14.0 Å². The van der Waals surface area contributed by atoms with Gasteiger partial charge in [0.05, 0.1) is 11.0 Å². The number of aromatic nitrogens is 3. The summed E-state index contributed by atoms with van der Waals surface area (Å²) in [4.78, 5) is 5.35. The third kappa shape index (κ3) is 3.31. The van der Waals surface area contributed by atoms with Crippen LogP contribution in [0.15, 0.2) is 152 Å². The molecule has 0 aliphatic heterocycles. The summed E-state index contributed by atoms with van der Waals surface area (Å²) in [6.45, 7) is 0. The number of pyridine rings is 1. The Hall–Kier alpha value is -5.67. The van der Waals surface area contributed by atoms with Crippen LogP contribution in [0.25, 0.3) is 77.3 Å². The molecule has 0 saturated heterocycles. The van der Waals surface area contributed by atoms with Gasteiger partial charge in [-0.15, -0.1) is 0 Å².